The number of amides is 3. The Kier molecular flexibility index (Phi) is 10.2. The first kappa shape index (κ1) is 33.1. The van der Waals surface area contributed by atoms with Gasteiger partial charge in [-0.25, -0.2) is 9.59 Å². The van der Waals surface area contributed by atoms with Gasteiger partial charge < -0.3 is 34.9 Å². The van der Waals surface area contributed by atoms with Crippen LogP contribution >= 0.6 is 0 Å². The van der Waals surface area contributed by atoms with Gasteiger partial charge >= 0.3 is 12.1 Å². The molecule has 2 aromatic carbocycles. The first-order chi connectivity index (χ1) is 19.9. The van der Waals surface area contributed by atoms with Crippen molar-refractivity contribution in [1.82, 2.24) is 15.2 Å². The number of H-pyrrole nitrogens is 1. The number of fused-ring (bicyclic) bond motifs is 1. The molecule has 1 aromatic heterocycles. The molecule has 232 valence electrons. The third-order valence-corrected chi connectivity index (χ3v) is 6.08. The second-order valence-electron chi connectivity index (χ2n) is 12.7. The number of hydrogen-bond donors (Lipinski definition) is 3. The standard InChI is InChI=1S/C32H43N5O6/c1-31(2,3)42-29(40)26-18-21-17-22(13-14-24(21)34-26)33-28(39)25(35-30(41)43-32(4,5)6)16-20-11-10-12-23(15-20)37(9)27(38)19-36(7)8/h10-15,17-18,25,34H,16,19H2,1-9H3,(H,33,39)(H,35,41). The Morgan fingerprint density at radius 1 is 0.884 bits per heavy atom. The molecule has 0 aliphatic rings. The van der Waals surface area contributed by atoms with Crippen LogP contribution in [0.2, 0.25) is 0 Å². The van der Waals surface area contributed by atoms with Crippen LogP contribution in [0.5, 0.6) is 0 Å². The molecule has 0 aliphatic heterocycles. The van der Waals surface area contributed by atoms with Crippen molar-refractivity contribution in [2.75, 3.05) is 37.9 Å². The summed E-state index contributed by atoms with van der Waals surface area (Å²) in [6.45, 7) is 10.8. The Morgan fingerprint density at radius 2 is 1.56 bits per heavy atom. The number of ether oxygens (including phenoxy) is 2. The lowest BCUT2D eigenvalue weighted by Crippen LogP contribution is -2.47. The van der Waals surface area contributed by atoms with Gasteiger partial charge in [-0.05, 0) is 97.6 Å². The number of esters is 1. The van der Waals surface area contributed by atoms with Crippen LogP contribution in [0.15, 0.2) is 48.5 Å². The van der Waals surface area contributed by atoms with Gasteiger partial charge in [0.25, 0.3) is 0 Å². The Bertz CT molecular complexity index is 1480. The van der Waals surface area contributed by atoms with Gasteiger partial charge in [0.15, 0.2) is 0 Å². The number of aromatic amines is 1. The van der Waals surface area contributed by atoms with Crippen LogP contribution in [-0.2, 0) is 25.5 Å². The van der Waals surface area contributed by atoms with Crippen molar-refractivity contribution in [3.8, 4) is 0 Å². The molecule has 1 atom stereocenters. The topological polar surface area (TPSA) is 133 Å². The first-order valence-electron chi connectivity index (χ1n) is 14.1. The average Bonchev–Trinajstić information content (AvgIpc) is 3.29. The number of anilines is 2. The molecule has 1 heterocycles. The second kappa shape index (κ2) is 13.3. The van der Waals surface area contributed by atoms with Crippen molar-refractivity contribution >= 4 is 46.2 Å². The van der Waals surface area contributed by atoms with Crippen LogP contribution in [0.3, 0.4) is 0 Å². The first-order valence-corrected chi connectivity index (χ1v) is 14.1. The van der Waals surface area contributed by atoms with Gasteiger partial charge in [-0.15, -0.1) is 0 Å². The Hall–Kier alpha value is -4.38. The molecule has 0 spiro atoms. The van der Waals surface area contributed by atoms with Gasteiger partial charge in [0.1, 0.15) is 22.9 Å². The summed E-state index contributed by atoms with van der Waals surface area (Å²) >= 11 is 0. The van der Waals surface area contributed by atoms with Crippen molar-refractivity contribution in [3.63, 3.8) is 0 Å². The minimum atomic E-state index is -0.993. The zero-order valence-corrected chi connectivity index (χ0v) is 26.5. The summed E-state index contributed by atoms with van der Waals surface area (Å²) in [7, 11) is 5.34. The monoisotopic (exact) mass is 593 g/mol. The van der Waals surface area contributed by atoms with Gasteiger partial charge in [-0.3, -0.25) is 9.59 Å². The fourth-order valence-electron chi connectivity index (χ4n) is 4.19. The highest BCUT2D eigenvalue weighted by atomic mass is 16.6. The Balaban J connectivity index is 1.83. The van der Waals surface area contributed by atoms with Gasteiger partial charge in [0.05, 0.1) is 6.54 Å². The molecule has 0 bridgehead atoms. The van der Waals surface area contributed by atoms with Crippen LogP contribution in [0.1, 0.15) is 57.6 Å². The minimum absolute atomic E-state index is 0.0849. The number of nitrogens with one attached hydrogen (secondary N) is 3. The van der Waals surface area contributed by atoms with Gasteiger partial charge in [0.2, 0.25) is 11.8 Å². The van der Waals surface area contributed by atoms with E-state index < -0.39 is 35.2 Å². The molecule has 0 fully saturated rings. The zero-order chi connectivity index (χ0) is 32.1. The molecular formula is C32H43N5O6. The number of rotatable bonds is 9. The predicted molar refractivity (Wildman–Crippen MR) is 167 cm³/mol. The number of hydrogen-bond acceptors (Lipinski definition) is 7. The third kappa shape index (κ3) is 10.1. The SMILES string of the molecule is CN(C)CC(=O)N(C)c1cccc(CC(NC(=O)OC(C)(C)C)C(=O)Nc2ccc3[nH]c(C(=O)OC(C)(C)C)cc3c2)c1. The molecule has 0 aliphatic carbocycles. The molecule has 0 radical (unpaired) electrons. The average molecular weight is 594 g/mol. The van der Waals surface area contributed by atoms with Crippen LogP contribution in [0, 0.1) is 0 Å². The highest BCUT2D eigenvalue weighted by Gasteiger charge is 2.26. The summed E-state index contributed by atoms with van der Waals surface area (Å²) < 4.78 is 10.9. The van der Waals surface area contributed by atoms with E-state index >= 15 is 0 Å². The molecule has 1 unspecified atom stereocenters. The fraction of sp³-hybridized carbons (Fsp3) is 0.438. The van der Waals surface area contributed by atoms with Gasteiger partial charge in [-0.2, -0.15) is 0 Å². The molecule has 0 saturated heterocycles. The third-order valence-electron chi connectivity index (χ3n) is 6.08. The minimum Gasteiger partial charge on any atom is -0.455 e. The number of likely N-dealkylation sites (N-methyl/N-ethyl adjacent to an activating group) is 2. The number of nitrogens with zero attached hydrogens (tertiary/aromatic N) is 2. The summed E-state index contributed by atoms with van der Waals surface area (Å²) in [5, 5.41) is 6.26. The Labute approximate surface area is 252 Å². The number of benzene rings is 2. The summed E-state index contributed by atoms with van der Waals surface area (Å²) in [5.41, 5.74) is 1.48. The van der Waals surface area contributed by atoms with Crippen molar-refractivity contribution in [2.45, 2.75) is 65.2 Å². The molecule has 3 rings (SSSR count). The summed E-state index contributed by atoms with van der Waals surface area (Å²) in [5.74, 6) is -1.03. The Morgan fingerprint density at radius 3 is 2.19 bits per heavy atom. The van der Waals surface area contributed by atoms with E-state index in [0.29, 0.717) is 28.0 Å². The summed E-state index contributed by atoms with van der Waals surface area (Å²) in [6, 6.07) is 13.1. The number of alkyl carbamates (subject to hydrolysis) is 1. The number of carbonyl (C=O) groups excluding carboxylic acids is 4. The van der Waals surface area contributed by atoms with E-state index in [9.17, 15) is 19.2 Å². The maximum absolute atomic E-state index is 13.5. The lowest BCUT2D eigenvalue weighted by atomic mass is 10.0. The number of aromatic nitrogens is 1. The largest absolute Gasteiger partial charge is 0.455 e. The summed E-state index contributed by atoms with van der Waals surface area (Å²) in [6.07, 6.45) is -0.589. The summed E-state index contributed by atoms with van der Waals surface area (Å²) in [4.78, 5) is 57.7. The van der Waals surface area contributed by atoms with E-state index in [-0.39, 0.29) is 18.9 Å². The quantitative estimate of drug-likeness (QED) is 0.306. The van der Waals surface area contributed by atoms with Crippen LogP contribution in [0.4, 0.5) is 16.2 Å². The fourth-order valence-corrected chi connectivity index (χ4v) is 4.19. The van der Waals surface area contributed by atoms with Crippen LogP contribution < -0.4 is 15.5 Å². The van der Waals surface area contributed by atoms with Gasteiger partial charge in [-0.1, -0.05) is 12.1 Å². The van der Waals surface area contributed by atoms with E-state index in [4.69, 9.17) is 9.47 Å². The maximum Gasteiger partial charge on any atom is 0.408 e. The smallest absolute Gasteiger partial charge is 0.408 e. The van der Waals surface area contributed by atoms with Crippen LogP contribution in [-0.4, -0.2) is 78.7 Å². The molecule has 3 amide bonds. The molecule has 43 heavy (non-hydrogen) atoms. The molecule has 11 heteroatoms. The van der Waals surface area contributed by atoms with E-state index in [1.165, 1.54) is 0 Å². The molecule has 3 aromatic rings. The van der Waals surface area contributed by atoms with Gasteiger partial charge in [0, 0.05) is 35.7 Å². The molecule has 0 saturated carbocycles. The molecule has 11 nitrogen and oxygen atoms in total. The highest BCUT2D eigenvalue weighted by Crippen LogP contribution is 2.23. The zero-order valence-electron chi connectivity index (χ0n) is 26.5. The molecular weight excluding hydrogens is 550 g/mol. The van der Waals surface area contributed by atoms with E-state index in [2.05, 4.69) is 15.6 Å². The second-order valence-corrected chi connectivity index (χ2v) is 12.7. The van der Waals surface area contributed by atoms with Crippen LogP contribution in [0.25, 0.3) is 10.9 Å². The normalized spacial score (nSPS) is 12.5. The van der Waals surface area contributed by atoms with E-state index in [1.54, 1.807) is 88.7 Å². The van der Waals surface area contributed by atoms with Crippen molar-refractivity contribution < 1.29 is 28.7 Å². The maximum atomic E-state index is 13.5. The predicted octanol–water partition coefficient (Wildman–Crippen LogP) is 4.72. The number of carbonyl (C=O) groups is 4. The van der Waals surface area contributed by atoms with E-state index in [0.717, 1.165) is 5.56 Å². The van der Waals surface area contributed by atoms with E-state index in [1.807, 2.05) is 32.3 Å². The lowest BCUT2D eigenvalue weighted by molar-refractivity contribution is -0.119. The van der Waals surface area contributed by atoms with Crippen molar-refractivity contribution in [3.05, 3.63) is 59.8 Å². The molecule has 3 N–H and O–H groups in total. The highest BCUT2D eigenvalue weighted by molar-refractivity contribution is 6.00. The van der Waals surface area contributed by atoms with Crippen molar-refractivity contribution in [2.24, 2.45) is 0 Å². The van der Waals surface area contributed by atoms with Crippen molar-refractivity contribution in [1.29, 1.82) is 0 Å². The lowest BCUT2D eigenvalue weighted by Gasteiger charge is -2.24.